The van der Waals surface area contributed by atoms with Crippen LogP contribution in [-0.4, -0.2) is 20.9 Å². The van der Waals surface area contributed by atoms with Crippen LogP contribution in [-0.2, 0) is 12.3 Å². The van der Waals surface area contributed by atoms with Gasteiger partial charge in [-0.15, -0.1) is 0 Å². The summed E-state index contributed by atoms with van der Waals surface area (Å²) in [6.45, 7) is 0.328. The summed E-state index contributed by atoms with van der Waals surface area (Å²) in [7, 11) is 0. The molecule has 0 radical (unpaired) electrons. The van der Waals surface area contributed by atoms with Crippen molar-refractivity contribution >= 4 is 23.4 Å². The summed E-state index contributed by atoms with van der Waals surface area (Å²) in [5.74, 6) is 0.631. The average molecular weight is 420 g/mol. The number of anilines is 1. The van der Waals surface area contributed by atoms with Crippen molar-refractivity contribution in [1.82, 2.24) is 9.78 Å². The molecule has 154 valence electrons. The highest BCUT2D eigenvalue weighted by atomic mass is 32.2. The number of amides is 1. The van der Waals surface area contributed by atoms with Crippen LogP contribution in [0.2, 0.25) is 0 Å². The molecule has 1 aliphatic carbocycles. The van der Waals surface area contributed by atoms with Gasteiger partial charge >= 0.3 is 0 Å². The molecule has 1 fully saturated rings. The minimum absolute atomic E-state index is 0.219. The third-order valence-electron chi connectivity index (χ3n) is 5.25. The Kier molecular flexibility index (Phi) is 6.64. The quantitative estimate of drug-likeness (QED) is 0.602. The predicted molar refractivity (Wildman–Crippen MR) is 122 cm³/mol. The fourth-order valence-corrected chi connectivity index (χ4v) is 4.92. The van der Waals surface area contributed by atoms with Crippen LogP contribution in [0, 0.1) is 0 Å². The second kappa shape index (κ2) is 9.76. The highest BCUT2D eigenvalue weighted by Gasteiger charge is 2.15. The van der Waals surface area contributed by atoms with Crippen molar-refractivity contribution in [2.24, 2.45) is 0 Å². The zero-order valence-corrected chi connectivity index (χ0v) is 17.6. The summed E-state index contributed by atoms with van der Waals surface area (Å²) in [5.41, 5.74) is 2.88. The lowest BCUT2D eigenvalue weighted by atomic mass is 10.2. The molecule has 30 heavy (non-hydrogen) atoms. The Morgan fingerprint density at radius 2 is 1.77 bits per heavy atom. The Balaban J connectivity index is 1.42. The summed E-state index contributed by atoms with van der Waals surface area (Å²) < 4.78 is 1.32. The molecule has 3 aromatic rings. The molecule has 1 aromatic heterocycles. The maximum atomic E-state index is 12.7. The van der Waals surface area contributed by atoms with Gasteiger partial charge in [0.05, 0.1) is 6.54 Å². The minimum Gasteiger partial charge on any atom is -0.321 e. The Hall–Kier alpha value is -2.86. The number of benzene rings is 2. The molecule has 0 atom stereocenters. The fraction of sp³-hybridized carbons (Fsp3) is 0.292. The van der Waals surface area contributed by atoms with Crippen LogP contribution < -0.4 is 10.9 Å². The second-order valence-electron chi connectivity index (χ2n) is 7.57. The van der Waals surface area contributed by atoms with Gasteiger partial charge in [0, 0.05) is 22.8 Å². The SMILES string of the molecule is O=C(Nc1cccc(CSC2CCCC2)c1)c1ccc(=O)n(Cc2ccccc2)n1. The zero-order chi connectivity index (χ0) is 20.8. The van der Waals surface area contributed by atoms with E-state index in [0.717, 1.165) is 22.3 Å². The maximum absolute atomic E-state index is 12.7. The van der Waals surface area contributed by atoms with Gasteiger partial charge in [-0.1, -0.05) is 55.3 Å². The van der Waals surface area contributed by atoms with Gasteiger partial charge < -0.3 is 5.32 Å². The number of nitrogens with one attached hydrogen (secondary N) is 1. The number of aromatic nitrogens is 2. The number of hydrogen-bond donors (Lipinski definition) is 1. The van der Waals surface area contributed by atoms with Crippen LogP contribution >= 0.6 is 11.8 Å². The van der Waals surface area contributed by atoms with Crippen molar-refractivity contribution in [3.05, 3.63) is 93.9 Å². The Labute approximate surface area is 180 Å². The molecule has 0 bridgehead atoms. The molecule has 1 N–H and O–H groups in total. The number of rotatable bonds is 7. The van der Waals surface area contributed by atoms with Crippen molar-refractivity contribution < 1.29 is 4.79 Å². The van der Waals surface area contributed by atoms with Crippen LogP contribution in [0.3, 0.4) is 0 Å². The highest BCUT2D eigenvalue weighted by Crippen LogP contribution is 2.31. The number of hydrogen-bond acceptors (Lipinski definition) is 4. The normalized spacial score (nSPS) is 14.0. The van der Waals surface area contributed by atoms with Crippen molar-refractivity contribution in [2.75, 3.05) is 5.32 Å². The van der Waals surface area contributed by atoms with E-state index in [9.17, 15) is 9.59 Å². The van der Waals surface area contributed by atoms with Gasteiger partial charge in [-0.25, -0.2) is 4.68 Å². The summed E-state index contributed by atoms with van der Waals surface area (Å²) >= 11 is 2.00. The molecule has 5 nitrogen and oxygen atoms in total. The molecular weight excluding hydrogens is 394 g/mol. The van der Waals surface area contributed by atoms with Crippen LogP contribution in [0.5, 0.6) is 0 Å². The fourth-order valence-electron chi connectivity index (χ4n) is 3.64. The van der Waals surface area contributed by atoms with Crippen LogP contribution in [0.4, 0.5) is 5.69 Å². The Morgan fingerprint density at radius 1 is 1.00 bits per heavy atom. The van der Waals surface area contributed by atoms with E-state index in [2.05, 4.69) is 16.5 Å². The highest BCUT2D eigenvalue weighted by molar-refractivity contribution is 7.99. The number of nitrogens with zero attached hydrogens (tertiary/aromatic N) is 2. The lowest BCUT2D eigenvalue weighted by Crippen LogP contribution is -2.26. The first kappa shape index (κ1) is 20.4. The molecule has 1 aliphatic rings. The first-order valence-corrected chi connectivity index (χ1v) is 11.4. The van der Waals surface area contributed by atoms with E-state index in [-0.39, 0.29) is 17.2 Å². The monoisotopic (exact) mass is 419 g/mol. The van der Waals surface area contributed by atoms with Gasteiger partial charge in [0.1, 0.15) is 5.69 Å². The molecule has 2 aromatic carbocycles. The summed E-state index contributed by atoms with van der Waals surface area (Å²) in [4.78, 5) is 24.9. The molecular formula is C24H25N3O2S. The molecule has 6 heteroatoms. The number of carbonyl (C=O) groups is 1. The van der Waals surface area contributed by atoms with E-state index in [1.807, 2.05) is 60.3 Å². The molecule has 0 aliphatic heterocycles. The van der Waals surface area contributed by atoms with Crippen molar-refractivity contribution in [3.8, 4) is 0 Å². The smallest absolute Gasteiger partial charge is 0.276 e. The standard InChI is InChI=1S/C24H25N3O2S/c28-23-14-13-22(26-27(23)16-18-7-2-1-3-8-18)24(29)25-20-10-6-9-19(15-20)17-30-21-11-4-5-12-21/h1-3,6-10,13-15,21H,4-5,11-12,16-17H2,(H,25,29). The minimum atomic E-state index is -0.322. The Bertz CT molecular complexity index is 1060. The molecule has 4 rings (SSSR count). The van der Waals surface area contributed by atoms with Gasteiger partial charge in [-0.3, -0.25) is 9.59 Å². The van der Waals surface area contributed by atoms with Gasteiger partial charge in [0.25, 0.3) is 11.5 Å². The molecule has 1 amide bonds. The topological polar surface area (TPSA) is 64.0 Å². The van der Waals surface area contributed by atoms with E-state index in [4.69, 9.17) is 0 Å². The van der Waals surface area contributed by atoms with E-state index in [1.165, 1.54) is 48.1 Å². The molecule has 0 spiro atoms. The summed E-state index contributed by atoms with van der Waals surface area (Å²) in [6.07, 6.45) is 5.30. The van der Waals surface area contributed by atoms with Crippen LogP contribution in [0.15, 0.2) is 71.5 Å². The van der Waals surface area contributed by atoms with Gasteiger partial charge in [0.15, 0.2) is 0 Å². The van der Waals surface area contributed by atoms with Crippen LogP contribution in [0.25, 0.3) is 0 Å². The van der Waals surface area contributed by atoms with Crippen LogP contribution in [0.1, 0.15) is 47.3 Å². The first-order chi connectivity index (χ1) is 14.7. The Morgan fingerprint density at radius 3 is 2.57 bits per heavy atom. The van der Waals surface area contributed by atoms with E-state index < -0.39 is 0 Å². The van der Waals surface area contributed by atoms with Gasteiger partial charge in [-0.05, 0) is 42.2 Å². The summed E-state index contributed by atoms with van der Waals surface area (Å²) in [5, 5.41) is 7.94. The van der Waals surface area contributed by atoms with Crippen molar-refractivity contribution in [2.45, 2.75) is 43.2 Å². The van der Waals surface area contributed by atoms with Crippen molar-refractivity contribution in [3.63, 3.8) is 0 Å². The number of carbonyl (C=O) groups excluding carboxylic acids is 1. The van der Waals surface area contributed by atoms with Gasteiger partial charge in [0.2, 0.25) is 0 Å². The average Bonchev–Trinajstić information content (AvgIpc) is 3.28. The van der Waals surface area contributed by atoms with E-state index in [1.54, 1.807) is 0 Å². The second-order valence-corrected chi connectivity index (χ2v) is 8.86. The molecule has 0 saturated heterocycles. The largest absolute Gasteiger partial charge is 0.321 e. The molecule has 1 saturated carbocycles. The predicted octanol–water partition coefficient (Wildman–Crippen LogP) is 4.72. The van der Waals surface area contributed by atoms with E-state index >= 15 is 0 Å². The molecule has 1 heterocycles. The lowest BCUT2D eigenvalue weighted by molar-refractivity contribution is 0.102. The molecule has 0 unspecified atom stereocenters. The maximum Gasteiger partial charge on any atom is 0.276 e. The van der Waals surface area contributed by atoms with E-state index in [0.29, 0.717) is 6.54 Å². The lowest BCUT2D eigenvalue weighted by Gasteiger charge is -2.11. The first-order valence-electron chi connectivity index (χ1n) is 10.3. The number of thioether (sulfide) groups is 1. The van der Waals surface area contributed by atoms with Crippen molar-refractivity contribution in [1.29, 1.82) is 0 Å². The third kappa shape index (κ3) is 5.39. The third-order valence-corrected chi connectivity index (χ3v) is 6.69. The zero-order valence-electron chi connectivity index (χ0n) is 16.8. The van der Waals surface area contributed by atoms with Gasteiger partial charge in [-0.2, -0.15) is 16.9 Å². The summed E-state index contributed by atoms with van der Waals surface area (Å²) in [6, 6.07) is 20.4.